The summed E-state index contributed by atoms with van der Waals surface area (Å²) in [6.07, 6.45) is 4.25. The van der Waals surface area contributed by atoms with Crippen LogP contribution in [0.4, 0.5) is 0 Å². The Hall–Kier alpha value is -1.22. The van der Waals surface area contributed by atoms with Crippen LogP contribution in [0.5, 0.6) is 11.5 Å². The highest BCUT2D eigenvalue weighted by atomic mass is 16.5. The van der Waals surface area contributed by atoms with E-state index in [0.29, 0.717) is 0 Å². The number of hydrogen-bond acceptors (Lipinski definition) is 3. The third kappa shape index (κ3) is 3.09. The highest BCUT2D eigenvalue weighted by Gasteiger charge is 2.37. The molecule has 1 N–H and O–H groups in total. The minimum absolute atomic E-state index is 0.175. The summed E-state index contributed by atoms with van der Waals surface area (Å²) in [6.45, 7) is 4.52. The van der Waals surface area contributed by atoms with Gasteiger partial charge in [-0.2, -0.15) is 0 Å². The number of methoxy groups -OCH3 is 2. The second-order valence-corrected chi connectivity index (χ2v) is 6.43. The van der Waals surface area contributed by atoms with Gasteiger partial charge in [0.1, 0.15) is 11.5 Å². The van der Waals surface area contributed by atoms with E-state index in [9.17, 15) is 5.11 Å². The number of aliphatic hydroxyl groups is 1. The van der Waals surface area contributed by atoms with Crippen LogP contribution in [0.25, 0.3) is 0 Å². The summed E-state index contributed by atoms with van der Waals surface area (Å²) in [7, 11) is 3.27. The van der Waals surface area contributed by atoms with Gasteiger partial charge < -0.3 is 14.6 Å². The summed E-state index contributed by atoms with van der Waals surface area (Å²) >= 11 is 0. The molecule has 2 rings (SSSR count). The van der Waals surface area contributed by atoms with Crippen molar-refractivity contribution in [2.75, 3.05) is 14.2 Å². The molecule has 1 aliphatic carbocycles. The first-order valence-corrected chi connectivity index (χ1v) is 7.39. The Morgan fingerprint density at radius 2 is 1.70 bits per heavy atom. The van der Waals surface area contributed by atoms with Crippen LogP contribution in [0.3, 0.4) is 0 Å². The molecule has 1 aliphatic rings. The van der Waals surface area contributed by atoms with Gasteiger partial charge in [-0.3, -0.25) is 0 Å². The predicted molar refractivity (Wildman–Crippen MR) is 80.2 cm³/mol. The highest BCUT2D eigenvalue weighted by Crippen LogP contribution is 2.47. The minimum atomic E-state index is -0.464. The Kier molecular flexibility index (Phi) is 4.59. The Labute approximate surface area is 121 Å². The third-order valence-corrected chi connectivity index (χ3v) is 4.69. The van der Waals surface area contributed by atoms with Crippen molar-refractivity contribution >= 4 is 0 Å². The zero-order valence-electron chi connectivity index (χ0n) is 13.0. The second-order valence-electron chi connectivity index (χ2n) is 6.43. The molecule has 1 aromatic rings. The van der Waals surface area contributed by atoms with Crippen LogP contribution in [0.2, 0.25) is 0 Å². The lowest BCUT2D eigenvalue weighted by atomic mass is 9.65. The van der Waals surface area contributed by atoms with Gasteiger partial charge in [-0.15, -0.1) is 0 Å². The maximum atomic E-state index is 10.8. The summed E-state index contributed by atoms with van der Waals surface area (Å²) in [5.41, 5.74) is 1.06. The van der Waals surface area contributed by atoms with Crippen molar-refractivity contribution in [1.82, 2.24) is 0 Å². The molecule has 0 heterocycles. The largest absolute Gasteiger partial charge is 0.497 e. The van der Waals surface area contributed by atoms with Crippen molar-refractivity contribution in [3.8, 4) is 11.5 Å². The normalized spacial score (nSPS) is 23.1. The Balaban J connectivity index is 2.29. The fourth-order valence-electron chi connectivity index (χ4n) is 3.34. The van der Waals surface area contributed by atoms with Gasteiger partial charge in [0.05, 0.1) is 20.3 Å². The van der Waals surface area contributed by atoms with Crippen LogP contribution in [-0.2, 0) is 0 Å². The zero-order valence-corrected chi connectivity index (χ0v) is 13.0. The topological polar surface area (TPSA) is 38.7 Å². The van der Waals surface area contributed by atoms with Crippen molar-refractivity contribution in [2.45, 2.75) is 45.6 Å². The van der Waals surface area contributed by atoms with Gasteiger partial charge in [-0.25, -0.2) is 0 Å². The summed E-state index contributed by atoms with van der Waals surface area (Å²) in [6, 6.07) is 5.66. The first-order valence-electron chi connectivity index (χ1n) is 7.39. The van der Waals surface area contributed by atoms with Gasteiger partial charge in [0.2, 0.25) is 0 Å². The van der Waals surface area contributed by atoms with Crippen LogP contribution in [0.15, 0.2) is 18.2 Å². The maximum absolute atomic E-state index is 10.8. The first-order chi connectivity index (χ1) is 9.47. The smallest absolute Gasteiger partial charge is 0.122 e. The molecule has 0 amide bonds. The fraction of sp³-hybridized carbons (Fsp3) is 0.647. The number of benzene rings is 1. The van der Waals surface area contributed by atoms with Crippen molar-refractivity contribution < 1.29 is 14.6 Å². The Morgan fingerprint density at radius 1 is 1.10 bits per heavy atom. The molecule has 1 fully saturated rings. The molecule has 3 nitrogen and oxygen atoms in total. The molecule has 0 aliphatic heterocycles. The van der Waals surface area contributed by atoms with Gasteiger partial charge in [0, 0.05) is 6.07 Å². The van der Waals surface area contributed by atoms with E-state index in [2.05, 4.69) is 13.8 Å². The van der Waals surface area contributed by atoms with E-state index in [-0.39, 0.29) is 11.3 Å². The zero-order chi connectivity index (χ0) is 14.8. The summed E-state index contributed by atoms with van der Waals surface area (Å²) in [5.74, 6) is 1.74. The Morgan fingerprint density at radius 3 is 2.20 bits per heavy atom. The first kappa shape index (κ1) is 15.2. The molecule has 1 aromatic carbocycles. The van der Waals surface area contributed by atoms with Crippen molar-refractivity contribution in [3.63, 3.8) is 0 Å². The van der Waals surface area contributed by atoms with Gasteiger partial charge in [-0.05, 0) is 41.9 Å². The van der Waals surface area contributed by atoms with Gasteiger partial charge in [-0.1, -0.05) is 26.7 Å². The molecular formula is C17H26O3. The van der Waals surface area contributed by atoms with Crippen molar-refractivity contribution in [3.05, 3.63) is 23.8 Å². The molecule has 0 spiro atoms. The molecular weight excluding hydrogens is 252 g/mol. The summed E-state index contributed by atoms with van der Waals surface area (Å²) < 4.78 is 10.6. The predicted octanol–water partition coefficient (Wildman–Crippen LogP) is 3.95. The lowest BCUT2D eigenvalue weighted by molar-refractivity contribution is 0.00365. The van der Waals surface area contributed by atoms with E-state index in [1.807, 2.05) is 18.2 Å². The highest BCUT2D eigenvalue weighted by molar-refractivity contribution is 5.39. The standard InChI is InChI=1S/C17H26O3/c1-17(2)8-6-5-7-15(17)16(18)12-9-13(19-3)11-14(10-12)20-4/h9-11,15-16,18H,5-8H2,1-4H3. The van der Waals surface area contributed by atoms with Crippen molar-refractivity contribution in [1.29, 1.82) is 0 Å². The van der Waals surface area contributed by atoms with Crippen LogP contribution in [0.1, 0.15) is 51.2 Å². The van der Waals surface area contributed by atoms with Gasteiger partial charge in [0.25, 0.3) is 0 Å². The molecule has 0 aromatic heterocycles. The van der Waals surface area contributed by atoms with Gasteiger partial charge >= 0.3 is 0 Å². The molecule has 20 heavy (non-hydrogen) atoms. The van der Waals surface area contributed by atoms with Crippen LogP contribution < -0.4 is 9.47 Å². The third-order valence-electron chi connectivity index (χ3n) is 4.69. The molecule has 1 saturated carbocycles. The summed E-state index contributed by atoms with van der Waals surface area (Å²) in [5, 5.41) is 10.8. The average Bonchev–Trinajstić information content (AvgIpc) is 2.45. The van der Waals surface area contributed by atoms with Crippen LogP contribution in [0, 0.1) is 11.3 Å². The lowest BCUT2D eigenvalue weighted by Gasteiger charge is -2.41. The van der Waals surface area contributed by atoms with E-state index < -0.39 is 6.10 Å². The van der Waals surface area contributed by atoms with Crippen LogP contribution in [-0.4, -0.2) is 19.3 Å². The molecule has 2 unspecified atom stereocenters. The number of hydrogen-bond donors (Lipinski definition) is 1. The van der Waals surface area contributed by atoms with E-state index in [1.54, 1.807) is 14.2 Å². The number of rotatable bonds is 4. The van der Waals surface area contributed by atoms with Crippen LogP contribution >= 0.6 is 0 Å². The molecule has 112 valence electrons. The second kappa shape index (κ2) is 6.04. The van der Waals surface area contributed by atoms with Crippen molar-refractivity contribution in [2.24, 2.45) is 11.3 Å². The van der Waals surface area contributed by atoms with Gasteiger partial charge in [0.15, 0.2) is 0 Å². The summed E-state index contributed by atoms with van der Waals surface area (Å²) in [4.78, 5) is 0. The fourth-order valence-corrected chi connectivity index (χ4v) is 3.34. The Bertz CT molecular complexity index is 431. The monoisotopic (exact) mass is 278 g/mol. The SMILES string of the molecule is COc1cc(OC)cc(C(O)C2CCCCC2(C)C)c1. The maximum Gasteiger partial charge on any atom is 0.122 e. The number of aliphatic hydroxyl groups excluding tert-OH is 1. The average molecular weight is 278 g/mol. The molecule has 0 radical (unpaired) electrons. The van der Waals surface area contributed by atoms with E-state index in [4.69, 9.17) is 9.47 Å². The molecule has 0 bridgehead atoms. The molecule has 2 atom stereocenters. The molecule has 0 saturated heterocycles. The van der Waals surface area contributed by atoms with E-state index in [1.165, 1.54) is 19.3 Å². The number of ether oxygens (including phenoxy) is 2. The minimum Gasteiger partial charge on any atom is -0.497 e. The molecule has 3 heteroatoms. The van der Waals surface area contributed by atoms with E-state index in [0.717, 1.165) is 23.5 Å². The lowest BCUT2D eigenvalue weighted by Crippen LogP contribution is -2.32. The van der Waals surface area contributed by atoms with E-state index >= 15 is 0 Å². The quantitative estimate of drug-likeness (QED) is 0.906.